The van der Waals surface area contributed by atoms with Crippen LogP contribution in [0.4, 0.5) is 0 Å². The third kappa shape index (κ3) is 4.10. The molecule has 1 amide bonds. The number of carboxylic acid groups (broad SMARTS) is 1. The van der Waals surface area contributed by atoms with Gasteiger partial charge in [0, 0.05) is 30.4 Å². The molecule has 0 saturated heterocycles. The molecule has 1 heterocycles. The molecule has 2 N–H and O–H groups in total. The van der Waals surface area contributed by atoms with Crippen molar-refractivity contribution in [1.82, 2.24) is 20.0 Å². The van der Waals surface area contributed by atoms with Crippen LogP contribution in [0.2, 0.25) is 0 Å². The summed E-state index contributed by atoms with van der Waals surface area (Å²) < 4.78 is 1.79. The lowest BCUT2D eigenvalue weighted by Crippen LogP contribution is -2.55. The van der Waals surface area contributed by atoms with Crippen molar-refractivity contribution in [1.29, 1.82) is 0 Å². The zero-order valence-corrected chi connectivity index (χ0v) is 14.3. The number of aromatic nitrogens is 2. The van der Waals surface area contributed by atoms with E-state index in [1.807, 2.05) is 32.7 Å². The van der Waals surface area contributed by atoms with E-state index in [1.165, 1.54) is 0 Å². The monoisotopic (exact) mass is 322 g/mol. The zero-order valence-electron chi connectivity index (χ0n) is 14.3. The number of amides is 1. The minimum absolute atomic E-state index is 0.00827. The average Bonchev–Trinajstić information content (AvgIpc) is 2.66. The smallest absolute Gasteiger partial charge is 0.317 e. The van der Waals surface area contributed by atoms with Crippen molar-refractivity contribution in [2.45, 2.75) is 52.1 Å². The Morgan fingerprint density at radius 2 is 2.04 bits per heavy atom. The molecular formula is C16H26N4O3. The highest BCUT2D eigenvalue weighted by Gasteiger charge is 2.34. The van der Waals surface area contributed by atoms with Crippen molar-refractivity contribution < 1.29 is 14.7 Å². The number of carbonyl (C=O) groups is 2. The number of carboxylic acids is 1. The maximum absolute atomic E-state index is 12.2. The van der Waals surface area contributed by atoms with Crippen LogP contribution in [0.3, 0.4) is 0 Å². The lowest BCUT2D eigenvalue weighted by atomic mass is 9.85. The summed E-state index contributed by atoms with van der Waals surface area (Å²) in [5.74, 6) is -0.796. The van der Waals surface area contributed by atoms with Crippen molar-refractivity contribution in [2.24, 2.45) is 7.05 Å². The summed E-state index contributed by atoms with van der Waals surface area (Å²) in [6.07, 6.45) is 1.98. The Balaban J connectivity index is 1.81. The molecule has 0 radical (unpaired) electrons. The molecule has 0 aromatic carbocycles. The number of hydrogen-bond acceptors (Lipinski definition) is 4. The Bertz CT molecular complexity index is 590. The van der Waals surface area contributed by atoms with Crippen molar-refractivity contribution in [3.05, 3.63) is 17.0 Å². The molecule has 1 fully saturated rings. The van der Waals surface area contributed by atoms with E-state index in [2.05, 4.69) is 10.4 Å². The topological polar surface area (TPSA) is 87.5 Å². The Kier molecular flexibility index (Phi) is 5.41. The number of aliphatic carboxylic acids is 1. The molecule has 0 bridgehead atoms. The maximum atomic E-state index is 12.2. The van der Waals surface area contributed by atoms with Crippen LogP contribution in [-0.4, -0.2) is 56.8 Å². The predicted molar refractivity (Wildman–Crippen MR) is 86.2 cm³/mol. The Hall–Kier alpha value is -1.89. The zero-order chi connectivity index (χ0) is 17.1. The fourth-order valence-electron chi connectivity index (χ4n) is 3.19. The predicted octanol–water partition coefficient (Wildman–Crippen LogP) is 0.633. The molecule has 7 heteroatoms. The largest absolute Gasteiger partial charge is 0.480 e. The second-order valence-corrected chi connectivity index (χ2v) is 6.30. The number of carbonyl (C=O) groups excluding carboxylic acids is 1. The molecule has 128 valence electrons. The van der Waals surface area contributed by atoms with Crippen molar-refractivity contribution in [2.75, 3.05) is 13.1 Å². The van der Waals surface area contributed by atoms with Gasteiger partial charge in [-0.3, -0.25) is 19.2 Å². The molecular weight excluding hydrogens is 296 g/mol. The molecule has 0 spiro atoms. The summed E-state index contributed by atoms with van der Waals surface area (Å²) in [4.78, 5) is 25.0. The lowest BCUT2D eigenvalue weighted by Gasteiger charge is -2.42. The molecule has 7 nitrogen and oxygen atoms in total. The van der Waals surface area contributed by atoms with E-state index in [9.17, 15) is 9.59 Å². The molecule has 23 heavy (non-hydrogen) atoms. The van der Waals surface area contributed by atoms with E-state index < -0.39 is 5.97 Å². The average molecular weight is 322 g/mol. The van der Waals surface area contributed by atoms with Gasteiger partial charge in [0.15, 0.2) is 0 Å². The molecule has 0 atom stereocenters. The van der Waals surface area contributed by atoms with Crippen LogP contribution < -0.4 is 5.32 Å². The van der Waals surface area contributed by atoms with Gasteiger partial charge in [0.05, 0.1) is 18.7 Å². The van der Waals surface area contributed by atoms with Crippen LogP contribution in [0, 0.1) is 13.8 Å². The van der Waals surface area contributed by atoms with Crippen LogP contribution in [-0.2, 0) is 23.1 Å². The van der Waals surface area contributed by atoms with E-state index in [0.717, 1.165) is 29.8 Å². The summed E-state index contributed by atoms with van der Waals surface area (Å²) in [7, 11) is 1.88. The van der Waals surface area contributed by atoms with Gasteiger partial charge in [-0.15, -0.1) is 0 Å². The first-order valence-corrected chi connectivity index (χ1v) is 8.06. The summed E-state index contributed by atoms with van der Waals surface area (Å²) in [6, 6.07) is 0.399. The fourth-order valence-corrected chi connectivity index (χ4v) is 3.19. The summed E-state index contributed by atoms with van der Waals surface area (Å²) in [6.45, 7) is 6.62. The summed E-state index contributed by atoms with van der Waals surface area (Å²) in [5, 5.41) is 16.3. The minimum atomic E-state index is -0.804. The van der Waals surface area contributed by atoms with Gasteiger partial charge in [-0.2, -0.15) is 5.10 Å². The minimum Gasteiger partial charge on any atom is -0.480 e. The standard InChI is InChI=1S/C16H26N4O3/c1-5-20(9-16(22)23)13-6-12(7-13)17-15(21)8-14-10(2)18-19(4)11(14)3/h12-13H,5-9H2,1-4H3,(H,17,21)(H,22,23). The van der Waals surface area contributed by atoms with Crippen LogP contribution >= 0.6 is 0 Å². The van der Waals surface area contributed by atoms with Gasteiger partial charge < -0.3 is 10.4 Å². The van der Waals surface area contributed by atoms with Crippen LogP contribution in [0.1, 0.15) is 36.7 Å². The first-order valence-electron chi connectivity index (χ1n) is 8.06. The van der Waals surface area contributed by atoms with Crippen LogP contribution in [0.25, 0.3) is 0 Å². The highest BCUT2D eigenvalue weighted by Crippen LogP contribution is 2.25. The second kappa shape index (κ2) is 7.12. The van der Waals surface area contributed by atoms with Gasteiger partial charge in [0.1, 0.15) is 0 Å². The van der Waals surface area contributed by atoms with Gasteiger partial charge in [0.2, 0.25) is 5.91 Å². The number of rotatable bonds is 7. The maximum Gasteiger partial charge on any atom is 0.317 e. The number of nitrogens with one attached hydrogen (secondary N) is 1. The highest BCUT2D eigenvalue weighted by atomic mass is 16.4. The van der Waals surface area contributed by atoms with E-state index in [-0.39, 0.29) is 24.5 Å². The molecule has 1 aliphatic rings. The molecule has 0 aliphatic heterocycles. The third-order valence-corrected chi connectivity index (χ3v) is 4.74. The van der Waals surface area contributed by atoms with Gasteiger partial charge >= 0.3 is 5.97 Å². The lowest BCUT2D eigenvalue weighted by molar-refractivity contribution is -0.139. The Labute approximate surface area is 136 Å². The van der Waals surface area contributed by atoms with Crippen molar-refractivity contribution in [3.8, 4) is 0 Å². The summed E-state index contributed by atoms with van der Waals surface area (Å²) in [5.41, 5.74) is 2.90. The number of hydrogen-bond donors (Lipinski definition) is 2. The SMILES string of the molecule is CCN(CC(=O)O)C1CC(NC(=O)Cc2c(C)nn(C)c2C)C1. The van der Waals surface area contributed by atoms with Crippen LogP contribution in [0.15, 0.2) is 0 Å². The van der Waals surface area contributed by atoms with Gasteiger partial charge in [-0.25, -0.2) is 0 Å². The normalized spacial score (nSPS) is 20.4. The number of aryl methyl sites for hydroxylation is 2. The molecule has 1 aromatic rings. The highest BCUT2D eigenvalue weighted by molar-refractivity contribution is 5.79. The third-order valence-electron chi connectivity index (χ3n) is 4.74. The van der Waals surface area contributed by atoms with E-state index in [1.54, 1.807) is 4.68 Å². The van der Waals surface area contributed by atoms with Gasteiger partial charge in [-0.1, -0.05) is 6.92 Å². The van der Waals surface area contributed by atoms with Crippen molar-refractivity contribution >= 4 is 11.9 Å². The molecule has 2 rings (SSSR count). The molecule has 1 aliphatic carbocycles. The van der Waals surface area contributed by atoms with Gasteiger partial charge in [-0.05, 0) is 33.2 Å². The van der Waals surface area contributed by atoms with Crippen LogP contribution in [0.5, 0.6) is 0 Å². The molecule has 1 aromatic heterocycles. The fraction of sp³-hybridized carbons (Fsp3) is 0.688. The number of nitrogens with zero attached hydrogens (tertiary/aromatic N) is 3. The van der Waals surface area contributed by atoms with E-state index >= 15 is 0 Å². The Morgan fingerprint density at radius 1 is 1.39 bits per heavy atom. The first kappa shape index (κ1) is 17.5. The van der Waals surface area contributed by atoms with E-state index in [4.69, 9.17) is 5.11 Å². The second-order valence-electron chi connectivity index (χ2n) is 6.30. The Morgan fingerprint density at radius 3 is 2.52 bits per heavy atom. The molecule has 1 saturated carbocycles. The first-order chi connectivity index (χ1) is 10.8. The number of likely N-dealkylation sites (N-methyl/N-ethyl adjacent to an activating group) is 1. The molecule has 0 unspecified atom stereocenters. The quantitative estimate of drug-likeness (QED) is 0.769. The van der Waals surface area contributed by atoms with E-state index in [0.29, 0.717) is 13.0 Å². The van der Waals surface area contributed by atoms with Crippen molar-refractivity contribution in [3.63, 3.8) is 0 Å². The van der Waals surface area contributed by atoms with Gasteiger partial charge in [0.25, 0.3) is 0 Å². The summed E-state index contributed by atoms with van der Waals surface area (Å²) >= 11 is 0.